The highest BCUT2D eigenvalue weighted by Crippen LogP contribution is 2.26. The summed E-state index contributed by atoms with van der Waals surface area (Å²) in [5.41, 5.74) is 3.71. The summed E-state index contributed by atoms with van der Waals surface area (Å²) < 4.78 is 7.75. The van der Waals surface area contributed by atoms with Gasteiger partial charge in [0.05, 0.1) is 24.0 Å². The van der Waals surface area contributed by atoms with Crippen LogP contribution in [-0.2, 0) is 4.74 Å². The van der Waals surface area contributed by atoms with Gasteiger partial charge in [-0.15, -0.1) is 0 Å². The smallest absolute Gasteiger partial charge is 0.336 e. The number of ether oxygens (including phenoxy) is 1. The molecule has 0 spiro atoms. The van der Waals surface area contributed by atoms with Crippen LogP contribution < -0.4 is 0 Å². The molecule has 0 amide bonds. The molecule has 2 heterocycles. The number of nitrogens with zero attached hydrogens (tertiary/aromatic N) is 1. The summed E-state index contributed by atoms with van der Waals surface area (Å²) in [6.07, 6.45) is 1.71. The van der Waals surface area contributed by atoms with Crippen LogP contribution in [0.2, 0.25) is 0 Å². The highest BCUT2D eigenvalue weighted by atomic mass is 16.5. The van der Waals surface area contributed by atoms with Gasteiger partial charge in [0, 0.05) is 11.7 Å². The zero-order chi connectivity index (χ0) is 14.9. The zero-order valence-electron chi connectivity index (χ0n) is 12.0. The van der Waals surface area contributed by atoms with E-state index in [4.69, 9.17) is 4.74 Å². The molecule has 1 N–H and O–H groups in total. The number of carbonyl (C=O) groups is 1. The fourth-order valence-corrected chi connectivity index (χ4v) is 2.37. The molecule has 0 aliphatic carbocycles. The molecule has 0 bridgehead atoms. The molecule has 2 aromatic rings. The highest BCUT2D eigenvalue weighted by molar-refractivity contribution is 5.91. The van der Waals surface area contributed by atoms with Gasteiger partial charge in [-0.1, -0.05) is 12.2 Å². The normalized spacial score (nSPS) is 12.6. The Bertz CT molecular complexity index is 670. The molecule has 0 fully saturated rings. The van der Waals surface area contributed by atoms with Crippen LogP contribution >= 0.6 is 0 Å². The third kappa shape index (κ3) is 2.60. The second-order valence-corrected chi connectivity index (χ2v) is 5.09. The van der Waals surface area contributed by atoms with Crippen molar-refractivity contribution in [2.45, 2.75) is 26.9 Å². The molecule has 0 radical (unpaired) electrons. The fraction of sp³-hybridized carbons (Fsp3) is 0.312. The van der Waals surface area contributed by atoms with Crippen LogP contribution in [0.4, 0.5) is 0 Å². The van der Waals surface area contributed by atoms with Crippen LogP contribution in [0.25, 0.3) is 5.52 Å². The van der Waals surface area contributed by atoms with Crippen molar-refractivity contribution in [3.05, 3.63) is 53.4 Å². The Kier molecular flexibility index (Phi) is 3.95. The predicted octanol–water partition coefficient (Wildman–Crippen LogP) is 3.60. The average Bonchev–Trinajstić information content (AvgIpc) is 2.82. The predicted molar refractivity (Wildman–Crippen MR) is 78.3 cm³/mol. The van der Waals surface area contributed by atoms with Gasteiger partial charge in [-0.25, -0.2) is 4.79 Å². The molecule has 0 saturated heterocycles. The van der Waals surface area contributed by atoms with Gasteiger partial charge >= 0.3 is 5.97 Å². The van der Waals surface area contributed by atoms with E-state index in [1.165, 1.54) is 0 Å². The number of carboxylic acids is 1. The number of hydrogen-bond donors (Lipinski definition) is 1. The first-order chi connectivity index (χ1) is 9.41. The first kappa shape index (κ1) is 14.3. The summed E-state index contributed by atoms with van der Waals surface area (Å²) in [6.45, 7) is 9.92. The van der Waals surface area contributed by atoms with E-state index in [9.17, 15) is 9.90 Å². The molecule has 2 rings (SSSR count). The molecule has 0 aliphatic rings. The third-order valence-corrected chi connectivity index (χ3v) is 3.32. The third-order valence-electron chi connectivity index (χ3n) is 3.32. The molecule has 1 unspecified atom stereocenters. The monoisotopic (exact) mass is 273 g/mol. The lowest BCUT2D eigenvalue weighted by Crippen LogP contribution is -2.13. The van der Waals surface area contributed by atoms with Crippen LogP contribution in [0, 0.1) is 6.92 Å². The molecule has 106 valence electrons. The van der Waals surface area contributed by atoms with Crippen molar-refractivity contribution < 1.29 is 14.6 Å². The van der Waals surface area contributed by atoms with Crippen LogP contribution in [0.15, 0.2) is 36.5 Å². The first-order valence-corrected chi connectivity index (χ1v) is 6.51. The van der Waals surface area contributed by atoms with E-state index in [2.05, 4.69) is 6.58 Å². The Labute approximate surface area is 118 Å². The van der Waals surface area contributed by atoms with Gasteiger partial charge in [-0.05, 0) is 44.5 Å². The minimum atomic E-state index is -0.917. The summed E-state index contributed by atoms with van der Waals surface area (Å²) >= 11 is 0. The Morgan fingerprint density at radius 3 is 2.85 bits per heavy atom. The molecule has 0 saturated carbocycles. The van der Waals surface area contributed by atoms with E-state index >= 15 is 0 Å². The van der Waals surface area contributed by atoms with Crippen LogP contribution in [-0.4, -0.2) is 22.1 Å². The van der Waals surface area contributed by atoms with Crippen LogP contribution in [0.3, 0.4) is 0 Å². The van der Waals surface area contributed by atoms with Gasteiger partial charge in [-0.2, -0.15) is 0 Å². The van der Waals surface area contributed by atoms with Crippen molar-refractivity contribution >= 4 is 11.5 Å². The van der Waals surface area contributed by atoms with Crippen molar-refractivity contribution in [3.8, 4) is 0 Å². The van der Waals surface area contributed by atoms with Crippen molar-refractivity contribution in [1.29, 1.82) is 0 Å². The van der Waals surface area contributed by atoms with Gasteiger partial charge < -0.3 is 14.2 Å². The van der Waals surface area contributed by atoms with E-state index in [0.29, 0.717) is 12.2 Å². The number of aromatic carboxylic acids is 1. The summed E-state index contributed by atoms with van der Waals surface area (Å²) in [7, 11) is 0. The van der Waals surface area contributed by atoms with E-state index < -0.39 is 5.97 Å². The molecule has 1 atom stereocenters. The number of carboxylic acid groups (broad SMARTS) is 1. The molecular formula is C16H19NO3. The molecule has 20 heavy (non-hydrogen) atoms. The molecule has 2 aromatic heterocycles. The molecule has 0 aromatic carbocycles. The average molecular weight is 273 g/mol. The largest absolute Gasteiger partial charge is 0.478 e. The van der Waals surface area contributed by atoms with Gasteiger partial charge in [0.25, 0.3) is 0 Å². The van der Waals surface area contributed by atoms with Crippen molar-refractivity contribution in [2.24, 2.45) is 0 Å². The quantitative estimate of drug-likeness (QED) is 0.847. The molecule has 0 aliphatic heterocycles. The summed E-state index contributed by atoms with van der Waals surface area (Å²) in [5.74, 6) is -0.917. The standard InChI is InChI=1S/C16H19NO3/c1-10(2)9-20-12(4)15-11(3)14(16(18)19)8-13-6-5-7-17(13)15/h5-8,12H,1,9H2,2-4H3,(H,18,19). The maximum atomic E-state index is 11.4. The van der Waals surface area contributed by atoms with Crippen molar-refractivity contribution in [2.75, 3.05) is 6.61 Å². The van der Waals surface area contributed by atoms with Gasteiger partial charge in [-0.3, -0.25) is 0 Å². The van der Waals surface area contributed by atoms with E-state index in [0.717, 1.165) is 22.3 Å². The second-order valence-electron chi connectivity index (χ2n) is 5.09. The summed E-state index contributed by atoms with van der Waals surface area (Å²) in [5, 5.41) is 9.32. The number of pyridine rings is 1. The zero-order valence-corrected chi connectivity index (χ0v) is 12.0. The van der Waals surface area contributed by atoms with Crippen molar-refractivity contribution in [1.82, 2.24) is 4.40 Å². The Morgan fingerprint density at radius 1 is 1.55 bits per heavy atom. The molecule has 4 nitrogen and oxygen atoms in total. The lowest BCUT2D eigenvalue weighted by Gasteiger charge is -2.19. The number of aromatic nitrogens is 1. The topological polar surface area (TPSA) is 50.9 Å². The number of rotatable bonds is 5. The van der Waals surface area contributed by atoms with Gasteiger partial charge in [0.15, 0.2) is 0 Å². The minimum Gasteiger partial charge on any atom is -0.478 e. The Morgan fingerprint density at radius 2 is 2.25 bits per heavy atom. The van der Waals surface area contributed by atoms with E-state index in [1.54, 1.807) is 6.07 Å². The lowest BCUT2D eigenvalue weighted by molar-refractivity contribution is 0.0691. The van der Waals surface area contributed by atoms with Crippen molar-refractivity contribution in [3.63, 3.8) is 0 Å². The van der Waals surface area contributed by atoms with Crippen LogP contribution in [0.1, 0.15) is 41.6 Å². The maximum absolute atomic E-state index is 11.4. The van der Waals surface area contributed by atoms with Gasteiger partial charge in [0.1, 0.15) is 0 Å². The maximum Gasteiger partial charge on any atom is 0.336 e. The van der Waals surface area contributed by atoms with E-state index in [-0.39, 0.29) is 6.10 Å². The highest BCUT2D eigenvalue weighted by Gasteiger charge is 2.19. The van der Waals surface area contributed by atoms with Gasteiger partial charge in [0.2, 0.25) is 0 Å². The fourth-order valence-electron chi connectivity index (χ4n) is 2.37. The lowest BCUT2D eigenvalue weighted by atomic mass is 10.0. The minimum absolute atomic E-state index is 0.208. The van der Waals surface area contributed by atoms with E-state index in [1.807, 2.05) is 43.5 Å². The summed E-state index contributed by atoms with van der Waals surface area (Å²) in [6, 6.07) is 5.48. The summed E-state index contributed by atoms with van der Waals surface area (Å²) in [4.78, 5) is 11.4. The number of hydrogen-bond acceptors (Lipinski definition) is 2. The Balaban J connectivity index is 2.54. The Hall–Kier alpha value is -2.07. The molecular weight excluding hydrogens is 254 g/mol. The van der Waals surface area contributed by atoms with Crippen LogP contribution in [0.5, 0.6) is 0 Å². The SMILES string of the molecule is C=C(C)COC(C)c1c(C)c(C(=O)O)cc2cccn12. The second kappa shape index (κ2) is 5.51. The first-order valence-electron chi connectivity index (χ1n) is 6.51. The number of fused-ring (bicyclic) bond motifs is 1. The molecule has 4 heteroatoms.